The summed E-state index contributed by atoms with van der Waals surface area (Å²) in [6.45, 7) is 3.05. The highest BCUT2D eigenvalue weighted by Gasteiger charge is 2.29. The first kappa shape index (κ1) is 19.6. The summed E-state index contributed by atoms with van der Waals surface area (Å²) >= 11 is 0. The molecule has 0 bridgehead atoms. The molecular weight excluding hydrogens is 340 g/mol. The number of piperidine rings is 1. The number of carbonyl (C=O) groups excluding carboxylic acids is 2. The van der Waals surface area contributed by atoms with Gasteiger partial charge in [-0.15, -0.1) is 0 Å². The van der Waals surface area contributed by atoms with Crippen molar-refractivity contribution in [2.24, 2.45) is 5.92 Å². The summed E-state index contributed by atoms with van der Waals surface area (Å²) in [5.74, 6) is 0.0862. The van der Waals surface area contributed by atoms with Crippen LogP contribution in [0.4, 0.5) is 11.4 Å². The Morgan fingerprint density at radius 1 is 1.35 bits per heavy atom. The van der Waals surface area contributed by atoms with Crippen LogP contribution in [0.5, 0.6) is 5.75 Å². The predicted molar refractivity (Wildman–Crippen MR) is 96.1 cm³/mol. The van der Waals surface area contributed by atoms with Gasteiger partial charge in [-0.1, -0.05) is 0 Å². The molecule has 9 nitrogen and oxygen atoms in total. The summed E-state index contributed by atoms with van der Waals surface area (Å²) in [6, 6.07) is 3.63. The fourth-order valence-corrected chi connectivity index (χ4v) is 3.06. The Balaban J connectivity index is 2.02. The van der Waals surface area contributed by atoms with E-state index in [-0.39, 0.29) is 29.1 Å². The van der Waals surface area contributed by atoms with Gasteiger partial charge in [0.25, 0.3) is 5.69 Å². The van der Waals surface area contributed by atoms with E-state index in [1.165, 1.54) is 25.3 Å². The number of hydrogen-bond acceptors (Lipinski definition) is 6. The lowest BCUT2D eigenvalue weighted by molar-refractivity contribution is -0.384. The quantitative estimate of drug-likeness (QED) is 0.582. The van der Waals surface area contributed by atoms with Crippen LogP contribution in [-0.4, -0.2) is 54.9 Å². The van der Waals surface area contributed by atoms with Crippen molar-refractivity contribution in [1.29, 1.82) is 0 Å². The number of anilines is 1. The van der Waals surface area contributed by atoms with Crippen LogP contribution in [-0.2, 0) is 9.59 Å². The summed E-state index contributed by atoms with van der Waals surface area (Å²) in [6.07, 6.45) is 1.38. The van der Waals surface area contributed by atoms with Gasteiger partial charge in [-0.05, 0) is 38.9 Å². The number of nitrogens with zero attached hydrogens (tertiary/aromatic N) is 2. The topological polar surface area (TPSA) is 114 Å². The molecule has 1 aromatic rings. The summed E-state index contributed by atoms with van der Waals surface area (Å²) < 4.78 is 5.16. The monoisotopic (exact) mass is 364 g/mol. The van der Waals surface area contributed by atoms with Gasteiger partial charge in [-0.3, -0.25) is 24.6 Å². The van der Waals surface area contributed by atoms with Gasteiger partial charge in [0.05, 0.1) is 23.8 Å². The number of nitro groups is 1. The van der Waals surface area contributed by atoms with Crippen molar-refractivity contribution in [3.05, 3.63) is 28.3 Å². The van der Waals surface area contributed by atoms with Gasteiger partial charge < -0.3 is 15.4 Å². The van der Waals surface area contributed by atoms with E-state index in [1.54, 1.807) is 14.0 Å². The number of carbonyl (C=O) groups is 2. The zero-order chi connectivity index (χ0) is 19.3. The molecule has 1 atom stereocenters. The fraction of sp³-hybridized carbons (Fsp3) is 0.529. The zero-order valence-electron chi connectivity index (χ0n) is 15.2. The number of hydrogen-bond donors (Lipinski definition) is 2. The van der Waals surface area contributed by atoms with E-state index in [0.717, 1.165) is 0 Å². The number of non-ortho nitro benzene ring substituents is 1. The van der Waals surface area contributed by atoms with Crippen LogP contribution in [0.1, 0.15) is 19.8 Å². The molecule has 0 radical (unpaired) electrons. The first-order valence-corrected chi connectivity index (χ1v) is 8.46. The number of amides is 2. The smallest absolute Gasteiger partial charge is 0.271 e. The highest BCUT2D eigenvalue weighted by molar-refractivity contribution is 5.96. The van der Waals surface area contributed by atoms with Crippen molar-refractivity contribution in [3.8, 4) is 5.75 Å². The molecule has 0 saturated carbocycles. The normalized spacial score (nSPS) is 16.6. The number of rotatable bonds is 6. The van der Waals surface area contributed by atoms with E-state index in [0.29, 0.717) is 31.7 Å². The van der Waals surface area contributed by atoms with Crippen LogP contribution in [0, 0.1) is 16.0 Å². The number of nitro benzene ring substituents is 1. The highest BCUT2D eigenvalue weighted by Crippen LogP contribution is 2.29. The SMILES string of the molecule is CNC(=O)C1CCN([C@H](C)C(=O)Nc2cc([N+](=O)[O-])ccc2OC)CC1. The zero-order valence-corrected chi connectivity index (χ0v) is 15.2. The van der Waals surface area contributed by atoms with Crippen molar-refractivity contribution in [1.82, 2.24) is 10.2 Å². The van der Waals surface area contributed by atoms with Crippen LogP contribution >= 0.6 is 0 Å². The summed E-state index contributed by atoms with van der Waals surface area (Å²) in [5.41, 5.74) is 0.138. The molecule has 0 unspecified atom stereocenters. The Kier molecular flexibility index (Phi) is 6.51. The summed E-state index contributed by atoms with van der Waals surface area (Å²) in [7, 11) is 3.06. The standard InChI is InChI=1S/C17H24N4O5/c1-11(20-8-6-12(7-9-20)17(23)18-2)16(22)19-14-10-13(21(24)25)4-5-15(14)26-3/h4-5,10-12H,6-9H2,1-3H3,(H,18,23)(H,19,22)/t11-/m1/s1. The van der Waals surface area contributed by atoms with Crippen molar-refractivity contribution >= 4 is 23.2 Å². The van der Waals surface area contributed by atoms with Gasteiger partial charge in [-0.25, -0.2) is 0 Å². The average Bonchev–Trinajstić information content (AvgIpc) is 2.66. The molecule has 1 saturated heterocycles. The summed E-state index contributed by atoms with van der Waals surface area (Å²) in [4.78, 5) is 36.7. The predicted octanol–water partition coefficient (Wildman–Crippen LogP) is 1.39. The minimum Gasteiger partial charge on any atom is -0.495 e. The molecule has 0 spiro atoms. The van der Waals surface area contributed by atoms with Gasteiger partial charge in [0.1, 0.15) is 5.75 Å². The second-order valence-electron chi connectivity index (χ2n) is 6.23. The Morgan fingerprint density at radius 2 is 2.00 bits per heavy atom. The molecule has 2 rings (SSSR count). The van der Waals surface area contributed by atoms with Gasteiger partial charge in [-0.2, -0.15) is 0 Å². The van der Waals surface area contributed by atoms with Crippen molar-refractivity contribution in [2.45, 2.75) is 25.8 Å². The van der Waals surface area contributed by atoms with E-state index >= 15 is 0 Å². The Hall–Kier alpha value is -2.68. The lowest BCUT2D eigenvalue weighted by Gasteiger charge is -2.34. The maximum absolute atomic E-state index is 12.6. The minimum atomic E-state index is -0.526. The first-order valence-electron chi connectivity index (χ1n) is 8.46. The number of likely N-dealkylation sites (tertiary alicyclic amines) is 1. The number of ether oxygens (including phenoxy) is 1. The molecule has 0 aromatic heterocycles. The maximum Gasteiger partial charge on any atom is 0.271 e. The second-order valence-corrected chi connectivity index (χ2v) is 6.23. The molecule has 1 aromatic carbocycles. The third-order valence-electron chi connectivity index (χ3n) is 4.73. The number of nitrogens with one attached hydrogen (secondary N) is 2. The fourth-order valence-electron chi connectivity index (χ4n) is 3.06. The molecule has 26 heavy (non-hydrogen) atoms. The van der Waals surface area contributed by atoms with Crippen molar-refractivity contribution < 1.29 is 19.2 Å². The van der Waals surface area contributed by atoms with Crippen LogP contribution in [0.2, 0.25) is 0 Å². The number of methoxy groups -OCH3 is 1. The Morgan fingerprint density at radius 3 is 2.54 bits per heavy atom. The third kappa shape index (κ3) is 4.48. The van der Waals surface area contributed by atoms with E-state index in [9.17, 15) is 19.7 Å². The lowest BCUT2D eigenvalue weighted by atomic mass is 9.95. The van der Waals surface area contributed by atoms with Crippen molar-refractivity contribution in [3.63, 3.8) is 0 Å². The summed E-state index contributed by atoms with van der Waals surface area (Å²) in [5, 5.41) is 16.3. The van der Waals surface area contributed by atoms with E-state index in [1.807, 2.05) is 4.90 Å². The van der Waals surface area contributed by atoms with Gasteiger partial charge in [0, 0.05) is 25.1 Å². The minimum absolute atomic E-state index is 0.0246. The third-order valence-corrected chi connectivity index (χ3v) is 4.73. The molecule has 0 aliphatic carbocycles. The molecule has 142 valence electrons. The first-order chi connectivity index (χ1) is 12.4. The van der Waals surface area contributed by atoms with E-state index < -0.39 is 11.0 Å². The number of benzene rings is 1. The largest absolute Gasteiger partial charge is 0.495 e. The molecule has 2 N–H and O–H groups in total. The van der Waals surface area contributed by atoms with E-state index in [2.05, 4.69) is 10.6 Å². The van der Waals surface area contributed by atoms with Crippen LogP contribution < -0.4 is 15.4 Å². The molecule has 1 fully saturated rings. The van der Waals surface area contributed by atoms with Crippen LogP contribution in [0.3, 0.4) is 0 Å². The highest BCUT2D eigenvalue weighted by atomic mass is 16.6. The van der Waals surface area contributed by atoms with Gasteiger partial charge in [0.2, 0.25) is 11.8 Å². The van der Waals surface area contributed by atoms with Crippen molar-refractivity contribution in [2.75, 3.05) is 32.6 Å². The molecule has 1 aliphatic rings. The molecule has 9 heteroatoms. The molecule has 1 aliphatic heterocycles. The molecular formula is C17H24N4O5. The lowest BCUT2D eigenvalue weighted by Crippen LogP contribution is -2.47. The Bertz CT molecular complexity index is 686. The van der Waals surface area contributed by atoms with Gasteiger partial charge in [0.15, 0.2) is 0 Å². The Labute approximate surface area is 151 Å². The average molecular weight is 364 g/mol. The molecule has 2 amide bonds. The van der Waals surface area contributed by atoms with Crippen LogP contribution in [0.15, 0.2) is 18.2 Å². The molecule has 1 heterocycles. The van der Waals surface area contributed by atoms with Crippen LogP contribution in [0.25, 0.3) is 0 Å². The van der Waals surface area contributed by atoms with Gasteiger partial charge >= 0.3 is 0 Å². The maximum atomic E-state index is 12.6. The second kappa shape index (κ2) is 8.61. The van der Waals surface area contributed by atoms with E-state index in [4.69, 9.17) is 4.74 Å².